The van der Waals surface area contributed by atoms with Crippen molar-refractivity contribution in [2.75, 3.05) is 18.0 Å². The zero-order valence-electron chi connectivity index (χ0n) is 14.1. The van der Waals surface area contributed by atoms with E-state index in [4.69, 9.17) is 5.26 Å². The lowest BCUT2D eigenvalue weighted by Crippen LogP contribution is -2.57. The molecular formula is C19H18N4O2. The Morgan fingerprint density at radius 1 is 1.24 bits per heavy atom. The smallest absolute Gasteiger partial charge is 0.256 e. The topological polar surface area (TPSA) is 77.3 Å². The molecule has 0 bridgehead atoms. The molecule has 6 heteroatoms. The van der Waals surface area contributed by atoms with E-state index in [1.54, 1.807) is 15.9 Å². The van der Waals surface area contributed by atoms with Crippen LogP contribution >= 0.6 is 0 Å². The standard InChI is InChI=1S/C19H18N4O2/c1-13-3-7-17(8-4-13)23-11-14(2)22(12-18(23)24)19(25)15-5-6-16(9-20)21-10-15/h3-8,10,14H,11-12H2,1-2H3. The fourth-order valence-electron chi connectivity index (χ4n) is 2.85. The number of aromatic nitrogens is 1. The predicted molar refractivity (Wildman–Crippen MR) is 93.0 cm³/mol. The third-order valence-electron chi connectivity index (χ3n) is 4.32. The number of piperazine rings is 1. The molecule has 126 valence electrons. The number of aryl methyl sites for hydroxylation is 1. The zero-order chi connectivity index (χ0) is 18.0. The number of pyridine rings is 1. The van der Waals surface area contributed by atoms with Gasteiger partial charge in [0, 0.05) is 24.5 Å². The Kier molecular flexibility index (Phi) is 4.48. The van der Waals surface area contributed by atoms with Crippen LogP contribution in [0.15, 0.2) is 42.6 Å². The van der Waals surface area contributed by atoms with E-state index >= 15 is 0 Å². The van der Waals surface area contributed by atoms with Gasteiger partial charge in [0.05, 0.1) is 5.56 Å². The van der Waals surface area contributed by atoms with Crippen LogP contribution in [0.1, 0.15) is 28.5 Å². The summed E-state index contributed by atoms with van der Waals surface area (Å²) in [4.78, 5) is 32.4. The highest BCUT2D eigenvalue weighted by molar-refractivity contribution is 6.01. The Morgan fingerprint density at radius 2 is 1.96 bits per heavy atom. The van der Waals surface area contributed by atoms with Gasteiger partial charge in [0.2, 0.25) is 5.91 Å². The molecule has 1 unspecified atom stereocenters. The van der Waals surface area contributed by atoms with E-state index in [0.29, 0.717) is 12.1 Å². The molecule has 1 fully saturated rings. The number of nitriles is 1. The van der Waals surface area contributed by atoms with Gasteiger partial charge >= 0.3 is 0 Å². The summed E-state index contributed by atoms with van der Waals surface area (Å²) < 4.78 is 0. The summed E-state index contributed by atoms with van der Waals surface area (Å²) in [5, 5.41) is 8.79. The van der Waals surface area contributed by atoms with Gasteiger partial charge in [-0.1, -0.05) is 17.7 Å². The molecule has 1 saturated heterocycles. The number of nitrogens with zero attached hydrogens (tertiary/aromatic N) is 4. The minimum Gasteiger partial charge on any atom is -0.325 e. The largest absolute Gasteiger partial charge is 0.325 e. The monoisotopic (exact) mass is 334 g/mol. The van der Waals surface area contributed by atoms with Crippen LogP contribution in [0.25, 0.3) is 0 Å². The van der Waals surface area contributed by atoms with Crippen LogP contribution in [-0.4, -0.2) is 40.8 Å². The summed E-state index contributed by atoms with van der Waals surface area (Å²) in [5.41, 5.74) is 2.60. The molecule has 0 aliphatic carbocycles. The molecule has 2 aromatic rings. The summed E-state index contributed by atoms with van der Waals surface area (Å²) in [6.45, 7) is 4.38. The van der Waals surface area contributed by atoms with Gasteiger partial charge < -0.3 is 9.80 Å². The summed E-state index contributed by atoms with van der Waals surface area (Å²) in [6.07, 6.45) is 1.38. The van der Waals surface area contributed by atoms with Crippen LogP contribution in [0, 0.1) is 18.3 Å². The molecule has 3 rings (SSSR count). The molecule has 1 aromatic heterocycles. The second-order valence-corrected chi connectivity index (χ2v) is 6.17. The highest BCUT2D eigenvalue weighted by Crippen LogP contribution is 2.22. The van der Waals surface area contributed by atoms with Crippen LogP contribution in [0.4, 0.5) is 5.69 Å². The molecule has 2 heterocycles. The Balaban J connectivity index is 1.77. The summed E-state index contributed by atoms with van der Waals surface area (Å²) in [7, 11) is 0. The number of hydrogen-bond acceptors (Lipinski definition) is 4. The van der Waals surface area contributed by atoms with Crippen molar-refractivity contribution < 1.29 is 9.59 Å². The Bertz CT molecular complexity index is 837. The first-order valence-electron chi connectivity index (χ1n) is 8.04. The van der Waals surface area contributed by atoms with Gasteiger partial charge in [0.1, 0.15) is 18.3 Å². The number of carbonyl (C=O) groups excluding carboxylic acids is 2. The van der Waals surface area contributed by atoms with E-state index in [9.17, 15) is 9.59 Å². The van der Waals surface area contributed by atoms with Crippen LogP contribution in [0.5, 0.6) is 0 Å². The van der Waals surface area contributed by atoms with Crippen molar-refractivity contribution >= 4 is 17.5 Å². The maximum Gasteiger partial charge on any atom is 0.256 e. The predicted octanol–water partition coefficient (Wildman–Crippen LogP) is 2.14. The second-order valence-electron chi connectivity index (χ2n) is 6.17. The molecule has 25 heavy (non-hydrogen) atoms. The minimum atomic E-state index is -0.249. The molecule has 6 nitrogen and oxygen atoms in total. The Morgan fingerprint density at radius 3 is 2.56 bits per heavy atom. The van der Waals surface area contributed by atoms with Crippen molar-refractivity contribution in [3.8, 4) is 6.07 Å². The number of anilines is 1. The van der Waals surface area contributed by atoms with Gasteiger partial charge in [-0.05, 0) is 38.1 Å². The van der Waals surface area contributed by atoms with Gasteiger partial charge in [-0.3, -0.25) is 9.59 Å². The van der Waals surface area contributed by atoms with E-state index in [2.05, 4.69) is 4.98 Å². The SMILES string of the molecule is Cc1ccc(N2CC(C)N(C(=O)c3ccc(C#N)nc3)CC2=O)cc1. The molecule has 1 aliphatic rings. The highest BCUT2D eigenvalue weighted by atomic mass is 16.2. The number of benzene rings is 1. The lowest BCUT2D eigenvalue weighted by Gasteiger charge is -2.39. The first kappa shape index (κ1) is 16.7. The number of hydrogen-bond donors (Lipinski definition) is 0. The molecule has 1 atom stereocenters. The van der Waals surface area contributed by atoms with Crippen LogP contribution in [0.3, 0.4) is 0 Å². The van der Waals surface area contributed by atoms with E-state index < -0.39 is 0 Å². The van der Waals surface area contributed by atoms with E-state index in [1.165, 1.54) is 12.3 Å². The van der Waals surface area contributed by atoms with E-state index in [0.717, 1.165) is 11.3 Å². The van der Waals surface area contributed by atoms with Gasteiger partial charge in [0.25, 0.3) is 5.91 Å². The maximum atomic E-state index is 12.7. The van der Waals surface area contributed by atoms with Gasteiger partial charge in [-0.2, -0.15) is 5.26 Å². The quantitative estimate of drug-likeness (QED) is 0.843. The molecule has 0 radical (unpaired) electrons. The van der Waals surface area contributed by atoms with Gasteiger partial charge in [-0.15, -0.1) is 0 Å². The lowest BCUT2D eigenvalue weighted by atomic mass is 10.1. The third-order valence-corrected chi connectivity index (χ3v) is 4.32. The summed E-state index contributed by atoms with van der Waals surface area (Å²) >= 11 is 0. The summed E-state index contributed by atoms with van der Waals surface area (Å²) in [5.74, 6) is -0.363. The van der Waals surface area contributed by atoms with Crippen molar-refractivity contribution in [2.45, 2.75) is 19.9 Å². The highest BCUT2D eigenvalue weighted by Gasteiger charge is 2.33. The normalized spacial score (nSPS) is 17.3. The van der Waals surface area contributed by atoms with E-state index in [1.807, 2.05) is 44.2 Å². The maximum absolute atomic E-state index is 12.7. The second kappa shape index (κ2) is 6.73. The molecule has 1 aromatic carbocycles. The Hall–Kier alpha value is -3.20. The van der Waals surface area contributed by atoms with Crippen molar-refractivity contribution in [3.05, 3.63) is 59.4 Å². The first-order valence-corrected chi connectivity index (χ1v) is 8.04. The number of carbonyl (C=O) groups is 2. The van der Waals surface area contributed by atoms with Crippen LogP contribution < -0.4 is 4.90 Å². The van der Waals surface area contributed by atoms with Crippen molar-refractivity contribution in [3.63, 3.8) is 0 Å². The summed E-state index contributed by atoms with van der Waals surface area (Å²) in [6, 6.07) is 12.6. The average Bonchev–Trinajstić information content (AvgIpc) is 2.63. The van der Waals surface area contributed by atoms with Crippen molar-refractivity contribution in [2.24, 2.45) is 0 Å². The molecule has 0 saturated carbocycles. The lowest BCUT2D eigenvalue weighted by molar-refractivity contribution is -0.121. The molecular weight excluding hydrogens is 316 g/mol. The number of amides is 2. The first-order chi connectivity index (χ1) is 12.0. The third kappa shape index (κ3) is 3.36. The zero-order valence-corrected chi connectivity index (χ0v) is 14.1. The minimum absolute atomic E-state index is 0.0217. The van der Waals surface area contributed by atoms with Crippen molar-refractivity contribution in [1.29, 1.82) is 5.26 Å². The van der Waals surface area contributed by atoms with E-state index in [-0.39, 0.29) is 30.1 Å². The van der Waals surface area contributed by atoms with Crippen molar-refractivity contribution in [1.82, 2.24) is 9.88 Å². The molecule has 2 amide bonds. The molecule has 0 N–H and O–H groups in total. The fourth-order valence-corrected chi connectivity index (χ4v) is 2.85. The Labute approximate surface area is 146 Å². The van der Waals surface area contributed by atoms with Crippen LogP contribution in [0.2, 0.25) is 0 Å². The molecule has 0 spiro atoms. The van der Waals surface area contributed by atoms with Crippen LogP contribution in [-0.2, 0) is 4.79 Å². The average molecular weight is 334 g/mol. The van der Waals surface area contributed by atoms with Gasteiger partial charge in [0.15, 0.2) is 0 Å². The number of rotatable bonds is 2. The molecule has 1 aliphatic heterocycles. The van der Waals surface area contributed by atoms with Gasteiger partial charge in [-0.25, -0.2) is 4.98 Å². The fraction of sp³-hybridized carbons (Fsp3) is 0.263.